The Morgan fingerprint density at radius 3 is 2.62 bits per heavy atom. The van der Waals surface area contributed by atoms with Crippen LogP contribution in [0.25, 0.3) is 0 Å². The van der Waals surface area contributed by atoms with Crippen LogP contribution in [-0.4, -0.2) is 49.6 Å². The number of morpholine rings is 1. The van der Waals surface area contributed by atoms with Gasteiger partial charge in [-0.15, -0.1) is 0 Å². The lowest BCUT2D eigenvalue weighted by molar-refractivity contribution is -0.136. The molecule has 1 unspecified atom stereocenters. The van der Waals surface area contributed by atoms with E-state index >= 15 is 0 Å². The number of hydrogen-bond donors (Lipinski definition) is 1. The summed E-state index contributed by atoms with van der Waals surface area (Å²) in [6, 6.07) is 5.87. The summed E-state index contributed by atoms with van der Waals surface area (Å²) >= 11 is 0. The summed E-state index contributed by atoms with van der Waals surface area (Å²) in [6.45, 7) is 3.08. The van der Waals surface area contributed by atoms with Crippen molar-refractivity contribution in [2.45, 2.75) is 30.7 Å². The van der Waals surface area contributed by atoms with E-state index in [-0.39, 0.29) is 17.4 Å². The third-order valence-electron chi connectivity index (χ3n) is 3.53. The number of aliphatic carboxylic acids is 1. The first kappa shape index (κ1) is 15.9. The summed E-state index contributed by atoms with van der Waals surface area (Å²) in [7, 11) is -3.56. The van der Waals surface area contributed by atoms with Crippen molar-refractivity contribution in [2.75, 3.05) is 19.8 Å². The van der Waals surface area contributed by atoms with E-state index in [1.807, 2.05) is 6.92 Å². The molecule has 0 amide bonds. The van der Waals surface area contributed by atoms with E-state index in [0.29, 0.717) is 31.7 Å². The van der Waals surface area contributed by atoms with E-state index < -0.39 is 16.0 Å². The number of benzene rings is 1. The molecule has 21 heavy (non-hydrogen) atoms. The number of nitrogens with zero attached hydrogens (tertiary/aromatic N) is 1. The van der Waals surface area contributed by atoms with Crippen LogP contribution < -0.4 is 0 Å². The van der Waals surface area contributed by atoms with Crippen molar-refractivity contribution in [3.05, 3.63) is 29.8 Å². The summed E-state index contributed by atoms with van der Waals surface area (Å²) in [6.07, 6.45) is 0.575. The van der Waals surface area contributed by atoms with Crippen LogP contribution >= 0.6 is 0 Å². The molecule has 0 spiro atoms. The van der Waals surface area contributed by atoms with Crippen LogP contribution in [0.2, 0.25) is 0 Å². The van der Waals surface area contributed by atoms with Crippen LogP contribution in [0, 0.1) is 0 Å². The highest BCUT2D eigenvalue weighted by atomic mass is 32.2. The van der Waals surface area contributed by atoms with Gasteiger partial charge in [0.05, 0.1) is 24.5 Å². The molecule has 0 saturated carbocycles. The highest BCUT2D eigenvalue weighted by molar-refractivity contribution is 7.89. The normalized spacial score (nSPS) is 20.3. The maximum atomic E-state index is 12.6. The van der Waals surface area contributed by atoms with Crippen molar-refractivity contribution in [2.24, 2.45) is 0 Å². The van der Waals surface area contributed by atoms with Gasteiger partial charge in [0.2, 0.25) is 10.0 Å². The molecule has 1 fully saturated rings. The summed E-state index contributed by atoms with van der Waals surface area (Å²) in [5.74, 6) is -0.940. The van der Waals surface area contributed by atoms with Crippen LogP contribution in [-0.2, 0) is 26.0 Å². The Kier molecular flexibility index (Phi) is 4.97. The summed E-state index contributed by atoms with van der Waals surface area (Å²) in [4.78, 5) is 10.8. The second-order valence-electron chi connectivity index (χ2n) is 4.97. The fourth-order valence-electron chi connectivity index (χ4n) is 2.37. The maximum absolute atomic E-state index is 12.6. The standard InChI is InChI=1S/C14H19NO5S/c1-2-12-10-20-8-7-15(12)21(18,19)13-5-3-11(4-6-13)9-14(16)17/h3-6,12H,2,7-10H2,1H3,(H,16,17). The van der Waals surface area contributed by atoms with Gasteiger partial charge in [-0.05, 0) is 24.1 Å². The lowest BCUT2D eigenvalue weighted by Gasteiger charge is -2.33. The third-order valence-corrected chi connectivity index (χ3v) is 5.50. The Morgan fingerprint density at radius 1 is 1.38 bits per heavy atom. The molecule has 1 N–H and O–H groups in total. The zero-order valence-corrected chi connectivity index (χ0v) is 12.7. The van der Waals surface area contributed by atoms with Crippen LogP contribution in [0.15, 0.2) is 29.2 Å². The first-order valence-corrected chi connectivity index (χ1v) is 8.29. The van der Waals surface area contributed by atoms with Crippen LogP contribution in [0.1, 0.15) is 18.9 Å². The number of carbonyl (C=O) groups is 1. The largest absolute Gasteiger partial charge is 0.481 e. The van der Waals surface area contributed by atoms with Crippen molar-refractivity contribution in [3.8, 4) is 0 Å². The van der Waals surface area contributed by atoms with Crippen molar-refractivity contribution >= 4 is 16.0 Å². The van der Waals surface area contributed by atoms with E-state index in [1.165, 1.54) is 16.4 Å². The van der Waals surface area contributed by atoms with Gasteiger partial charge in [-0.2, -0.15) is 4.31 Å². The van der Waals surface area contributed by atoms with E-state index in [4.69, 9.17) is 9.84 Å². The Balaban J connectivity index is 2.24. The quantitative estimate of drug-likeness (QED) is 0.880. The first-order chi connectivity index (χ1) is 9.95. The van der Waals surface area contributed by atoms with Gasteiger partial charge in [-0.1, -0.05) is 19.1 Å². The molecule has 1 heterocycles. The molecule has 116 valence electrons. The predicted molar refractivity (Wildman–Crippen MR) is 76.6 cm³/mol. The van der Waals surface area contributed by atoms with E-state index in [9.17, 15) is 13.2 Å². The van der Waals surface area contributed by atoms with Crippen molar-refractivity contribution in [1.29, 1.82) is 0 Å². The summed E-state index contributed by atoms with van der Waals surface area (Å²) in [5.41, 5.74) is 0.579. The fraction of sp³-hybridized carbons (Fsp3) is 0.500. The molecule has 6 nitrogen and oxygen atoms in total. The number of sulfonamides is 1. The molecule has 1 aromatic rings. The molecule has 0 radical (unpaired) electrons. The van der Waals surface area contributed by atoms with Crippen LogP contribution in [0.5, 0.6) is 0 Å². The lowest BCUT2D eigenvalue weighted by Crippen LogP contribution is -2.48. The zero-order chi connectivity index (χ0) is 15.5. The molecule has 7 heteroatoms. The lowest BCUT2D eigenvalue weighted by atomic mass is 10.2. The van der Waals surface area contributed by atoms with Crippen molar-refractivity contribution in [1.82, 2.24) is 4.31 Å². The number of carboxylic acids is 1. The van der Waals surface area contributed by atoms with Gasteiger partial charge in [0.25, 0.3) is 0 Å². The second-order valence-corrected chi connectivity index (χ2v) is 6.86. The molecule has 1 aliphatic heterocycles. The molecule has 2 rings (SSSR count). The molecule has 1 atom stereocenters. The van der Waals surface area contributed by atoms with Gasteiger partial charge in [-0.3, -0.25) is 4.79 Å². The predicted octanol–water partition coefficient (Wildman–Crippen LogP) is 1.11. The zero-order valence-electron chi connectivity index (χ0n) is 11.9. The van der Waals surface area contributed by atoms with Gasteiger partial charge < -0.3 is 9.84 Å². The van der Waals surface area contributed by atoms with Gasteiger partial charge in [0.15, 0.2) is 0 Å². The topological polar surface area (TPSA) is 83.9 Å². The molecular weight excluding hydrogens is 294 g/mol. The molecule has 0 bridgehead atoms. The van der Waals surface area contributed by atoms with E-state index in [2.05, 4.69) is 0 Å². The van der Waals surface area contributed by atoms with Gasteiger partial charge >= 0.3 is 5.97 Å². The Labute approximate surface area is 124 Å². The van der Waals surface area contributed by atoms with E-state index in [0.717, 1.165) is 0 Å². The Hall–Kier alpha value is -1.44. The van der Waals surface area contributed by atoms with Crippen LogP contribution in [0.3, 0.4) is 0 Å². The monoisotopic (exact) mass is 313 g/mol. The SMILES string of the molecule is CCC1COCCN1S(=O)(=O)c1ccc(CC(=O)O)cc1. The van der Waals surface area contributed by atoms with E-state index in [1.54, 1.807) is 12.1 Å². The number of hydrogen-bond acceptors (Lipinski definition) is 4. The molecule has 1 aromatic carbocycles. The van der Waals surface area contributed by atoms with Crippen molar-refractivity contribution in [3.63, 3.8) is 0 Å². The average molecular weight is 313 g/mol. The highest BCUT2D eigenvalue weighted by Crippen LogP contribution is 2.22. The first-order valence-electron chi connectivity index (χ1n) is 6.85. The number of rotatable bonds is 5. The van der Waals surface area contributed by atoms with Gasteiger partial charge in [-0.25, -0.2) is 8.42 Å². The minimum atomic E-state index is -3.56. The Bertz CT molecular complexity index is 596. The number of ether oxygens (including phenoxy) is 1. The van der Waals surface area contributed by atoms with Gasteiger partial charge in [0, 0.05) is 12.6 Å². The number of carboxylic acid groups (broad SMARTS) is 1. The second kappa shape index (κ2) is 6.55. The minimum Gasteiger partial charge on any atom is -0.481 e. The molecule has 0 aliphatic carbocycles. The Morgan fingerprint density at radius 2 is 2.05 bits per heavy atom. The molecule has 1 aliphatic rings. The molecular formula is C14H19NO5S. The third kappa shape index (κ3) is 3.61. The summed E-state index contributed by atoms with van der Waals surface area (Å²) < 4.78 is 32.1. The van der Waals surface area contributed by atoms with Crippen LogP contribution in [0.4, 0.5) is 0 Å². The highest BCUT2D eigenvalue weighted by Gasteiger charge is 2.32. The van der Waals surface area contributed by atoms with Gasteiger partial charge in [0.1, 0.15) is 0 Å². The smallest absolute Gasteiger partial charge is 0.307 e. The minimum absolute atomic E-state index is 0.116. The molecule has 1 saturated heterocycles. The molecule has 0 aromatic heterocycles. The maximum Gasteiger partial charge on any atom is 0.307 e. The van der Waals surface area contributed by atoms with Crippen molar-refractivity contribution < 1.29 is 23.1 Å². The average Bonchev–Trinajstić information content (AvgIpc) is 2.47. The fourth-order valence-corrected chi connectivity index (χ4v) is 4.03. The summed E-state index contributed by atoms with van der Waals surface area (Å²) in [5, 5.41) is 8.73.